The molecule has 0 unspecified atom stereocenters. The van der Waals surface area contributed by atoms with Gasteiger partial charge in [-0.15, -0.1) is 0 Å². The first-order valence-electron chi connectivity index (χ1n) is 9.17. The van der Waals surface area contributed by atoms with Crippen LogP contribution < -0.4 is 5.32 Å². The molecule has 0 bridgehead atoms. The van der Waals surface area contributed by atoms with Crippen molar-refractivity contribution in [1.82, 2.24) is 4.90 Å². The van der Waals surface area contributed by atoms with Gasteiger partial charge >= 0.3 is 0 Å². The Hall–Kier alpha value is -2.62. The Morgan fingerprint density at radius 3 is 2.58 bits per heavy atom. The van der Waals surface area contributed by atoms with Crippen LogP contribution in [-0.2, 0) is 16.1 Å². The molecule has 26 heavy (non-hydrogen) atoms. The average Bonchev–Trinajstić information content (AvgIpc) is 2.98. The predicted molar refractivity (Wildman–Crippen MR) is 104 cm³/mol. The third kappa shape index (κ3) is 3.96. The summed E-state index contributed by atoms with van der Waals surface area (Å²) in [4.78, 5) is 26.9. The average molecular weight is 350 g/mol. The van der Waals surface area contributed by atoms with Gasteiger partial charge in [0.25, 0.3) is 0 Å². The molecular weight excluding hydrogens is 324 g/mol. The first-order valence-corrected chi connectivity index (χ1v) is 9.17. The molecule has 4 heteroatoms. The molecular formula is C22H26N2O2. The van der Waals surface area contributed by atoms with E-state index in [9.17, 15) is 9.59 Å². The van der Waals surface area contributed by atoms with Crippen molar-refractivity contribution in [2.24, 2.45) is 5.92 Å². The van der Waals surface area contributed by atoms with Gasteiger partial charge in [-0.2, -0.15) is 0 Å². The van der Waals surface area contributed by atoms with E-state index in [0.717, 1.165) is 22.4 Å². The van der Waals surface area contributed by atoms with E-state index in [1.807, 2.05) is 49.4 Å². The van der Waals surface area contributed by atoms with Gasteiger partial charge in [0.2, 0.25) is 11.8 Å². The van der Waals surface area contributed by atoms with Crippen molar-refractivity contribution in [3.8, 4) is 0 Å². The molecule has 1 heterocycles. The Bertz CT molecular complexity index is 799. The molecule has 1 aliphatic rings. The van der Waals surface area contributed by atoms with Crippen molar-refractivity contribution < 1.29 is 9.59 Å². The fraction of sp³-hybridized carbons (Fsp3) is 0.364. The molecule has 2 aromatic carbocycles. The van der Waals surface area contributed by atoms with E-state index < -0.39 is 0 Å². The van der Waals surface area contributed by atoms with Crippen LogP contribution in [0.4, 0.5) is 5.69 Å². The Morgan fingerprint density at radius 2 is 1.88 bits per heavy atom. The van der Waals surface area contributed by atoms with Gasteiger partial charge in [0.15, 0.2) is 0 Å². The maximum absolute atomic E-state index is 12.8. The standard InChI is InChI=1S/C22H26N2O2/c1-15(2)19-11-7-8-16(3)21(19)23-22(26)18-12-20(25)24(14-18)13-17-9-5-4-6-10-17/h4-11,15,18H,12-14H2,1-3H3,(H,23,26)/t18-/m1/s1. The minimum absolute atomic E-state index is 0.0443. The molecule has 0 saturated carbocycles. The van der Waals surface area contributed by atoms with Gasteiger partial charge in [-0.25, -0.2) is 0 Å². The van der Waals surface area contributed by atoms with Crippen LogP contribution in [0, 0.1) is 12.8 Å². The van der Waals surface area contributed by atoms with E-state index >= 15 is 0 Å². The number of carbonyl (C=O) groups excluding carboxylic acids is 2. The number of aryl methyl sites for hydroxylation is 1. The van der Waals surface area contributed by atoms with Gasteiger partial charge in [0.05, 0.1) is 5.92 Å². The highest BCUT2D eigenvalue weighted by Crippen LogP contribution is 2.29. The van der Waals surface area contributed by atoms with Crippen LogP contribution in [0.5, 0.6) is 0 Å². The van der Waals surface area contributed by atoms with Crippen LogP contribution in [-0.4, -0.2) is 23.3 Å². The summed E-state index contributed by atoms with van der Waals surface area (Å²) in [7, 11) is 0. The van der Waals surface area contributed by atoms with E-state index in [1.165, 1.54) is 0 Å². The summed E-state index contributed by atoms with van der Waals surface area (Å²) < 4.78 is 0. The Labute approximate surface area is 155 Å². The molecule has 136 valence electrons. The zero-order valence-electron chi connectivity index (χ0n) is 15.7. The van der Waals surface area contributed by atoms with Crippen LogP contribution in [0.15, 0.2) is 48.5 Å². The second kappa shape index (κ2) is 7.73. The zero-order valence-corrected chi connectivity index (χ0v) is 15.7. The molecule has 3 rings (SSSR count). The molecule has 2 amide bonds. The number of hydrogen-bond acceptors (Lipinski definition) is 2. The summed E-state index contributed by atoms with van der Waals surface area (Å²) in [5.41, 5.74) is 4.16. The fourth-order valence-electron chi connectivity index (χ4n) is 3.47. The third-order valence-corrected chi connectivity index (χ3v) is 4.98. The van der Waals surface area contributed by atoms with Crippen LogP contribution >= 0.6 is 0 Å². The summed E-state index contributed by atoms with van der Waals surface area (Å²) in [5.74, 6) is 0.00352. The quantitative estimate of drug-likeness (QED) is 0.882. The lowest BCUT2D eigenvalue weighted by molar-refractivity contribution is -0.128. The molecule has 1 aliphatic heterocycles. The monoisotopic (exact) mass is 350 g/mol. The summed E-state index contributed by atoms with van der Waals surface area (Å²) in [6.45, 7) is 7.27. The topological polar surface area (TPSA) is 49.4 Å². The molecule has 0 aromatic heterocycles. The maximum atomic E-state index is 12.8. The number of rotatable bonds is 5. The second-order valence-corrected chi connectivity index (χ2v) is 7.34. The van der Waals surface area contributed by atoms with E-state index in [1.54, 1.807) is 4.90 Å². The van der Waals surface area contributed by atoms with Gasteiger partial charge in [0.1, 0.15) is 0 Å². The van der Waals surface area contributed by atoms with Crippen molar-refractivity contribution in [2.45, 2.75) is 39.7 Å². The van der Waals surface area contributed by atoms with Crippen molar-refractivity contribution in [2.75, 3.05) is 11.9 Å². The number of benzene rings is 2. The number of para-hydroxylation sites is 1. The molecule has 1 N–H and O–H groups in total. The molecule has 0 radical (unpaired) electrons. The van der Waals surface area contributed by atoms with Crippen LogP contribution in [0.25, 0.3) is 0 Å². The molecule has 1 atom stereocenters. The van der Waals surface area contributed by atoms with E-state index in [0.29, 0.717) is 19.0 Å². The normalized spacial score (nSPS) is 17.0. The highest BCUT2D eigenvalue weighted by Gasteiger charge is 2.34. The minimum atomic E-state index is -0.300. The predicted octanol–water partition coefficient (Wildman–Crippen LogP) is 4.11. The number of carbonyl (C=O) groups is 2. The third-order valence-electron chi connectivity index (χ3n) is 4.98. The Morgan fingerprint density at radius 1 is 1.15 bits per heavy atom. The minimum Gasteiger partial charge on any atom is -0.338 e. The summed E-state index contributed by atoms with van der Waals surface area (Å²) in [5, 5.41) is 3.09. The van der Waals surface area contributed by atoms with Gasteiger partial charge in [0, 0.05) is 25.2 Å². The van der Waals surface area contributed by atoms with E-state index in [4.69, 9.17) is 0 Å². The highest BCUT2D eigenvalue weighted by molar-refractivity contribution is 5.98. The second-order valence-electron chi connectivity index (χ2n) is 7.34. The van der Waals surface area contributed by atoms with Crippen molar-refractivity contribution in [3.05, 3.63) is 65.2 Å². The maximum Gasteiger partial charge on any atom is 0.229 e. The molecule has 0 aliphatic carbocycles. The van der Waals surface area contributed by atoms with Crippen molar-refractivity contribution >= 4 is 17.5 Å². The summed E-state index contributed by atoms with van der Waals surface area (Å²) >= 11 is 0. The van der Waals surface area contributed by atoms with Crippen LogP contribution in [0.2, 0.25) is 0 Å². The fourth-order valence-corrected chi connectivity index (χ4v) is 3.47. The zero-order chi connectivity index (χ0) is 18.7. The van der Waals surface area contributed by atoms with E-state index in [-0.39, 0.29) is 24.2 Å². The Balaban J connectivity index is 1.69. The number of nitrogens with zero attached hydrogens (tertiary/aromatic N) is 1. The van der Waals surface area contributed by atoms with Crippen molar-refractivity contribution in [1.29, 1.82) is 0 Å². The van der Waals surface area contributed by atoms with Gasteiger partial charge in [-0.05, 0) is 29.5 Å². The van der Waals surface area contributed by atoms with Crippen molar-refractivity contribution in [3.63, 3.8) is 0 Å². The lowest BCUT2D eigenvalue weighted by Gasteiger charge is -2.19. The summed E-state index contributed by atoms with van der Waals surface area (Å²) in [6, 6.07) is 16.0. The lowest BCUT2D eigenvalue weighted by Crippen LogP contribution is -2.28. The lowest BCUT2D eigenvalue weighted by atomic mass is 9.97. The van der Waals surface area contributed by atoms with E-state index in [2.05, 4.69) is 25.2 Å². The molecule has 2 aromatic rings. The number of hydrogen-bond donors (Lipinski definition) is 1. The molecule has 0 spiro atoms. The first-order chi connectivity index (χ1) is 12.5. The van der Waals surface area contributed by atoms with Gasteiger partial charge < -0.3 is 10.2 Å². The Kier molecular flexibility index (Phi) is 5.40. The largest absolute Gasteiger partial charge is 0.338 e. The number of amides is 2. The molecule has 1 fully saturated rings. The molecule has 1 saturated heterocycles. The smallest absolute Gasteiger partial charge is 0.229 e. The van der Waals surface area contributed by atoms with Gasteiger partial charge in [-0.3, -0.25) is 9.59 Å². The number of nitrogens with one attached hydrogen (secondary N) is 1. The van der Waals surface area contributed by atoms with Crippen LogP contribution in [0.3, 0.4) is 0 Å². The number of anilines is 1. The summed E-state index contributed by atoms with van der Waals surface area (Å²) in [6.07, 6.45) is 0.279. The van der Waals surface area contributed by atoms with Crippen LogP contribution in [0.1, 0.15) is 42.9 Å². The van der Waals surface area contributed by atoms with Gasteiger partial charge in [-0.1, -0.05) is 62.4 Å². The highest BCUT2D eigenvalue weighted by atomic mass is 16.2. The molecule has 4 nitrogen and oxygen atoms in total. The SMILES string of the molecule is Cc1cccc(C(C)C)c1NC(=O)[C@@H]1CC(=O)N(Cc2ccccc2)C1. The first kappa shape index (κ1) is 18.2. The number of likely N-dealkylation sites (tertiary alicyclic amines) is 1.